The molecule has 0 saturated carbocycles. The lowest BCUT2D eigenvalue weighted by Gasteiger charge is -2.12. The third-order valence-corrected chi connectivity index (χ3v) is 7.59. The molecular formula is C30H28N4. The number of rotatable bonds is 0. The summed E-state index contributed by atoms with van der Waals surface area (Å²) in [7, 11) is 0. The van der Waals surface area contributed by atoms with Crippen molar-refractivity contribution in [1.82, 2.24) is 19.9 Å². The number of aryl methyl sites for hydroxylation is 4. The number of nitrogens with zero attached hydrogens (tertiary/aromatic N) is 4. The number of hydrogen-bond acceptors (Lipinski definition) is 4. The van der Waals surface area contributed by atoms with Crippen LogP contribution in [-0.2, 0) is 25.7 Å². The van der Waals surface area contributed by atoms with E-state index in [1.807, 2.05) is 0 Å². The van der Waals surface area contributed by atoms with Crippen LogP contribution in [-0.4, -0.2) is 19.9 Å². The molecule has 168 valence electrons. The highest BCUT2D eigenvalue weighted by Gasteiger charge is 2.16. The summed E-state index contributed by atoms with van der Waals surface area (Å²) in [5.41, 5.74) is 13.6. The maximum Gasteiger partial charge on any atom is 0.0896 e. The molecule has 0 amide bonds. The van der Waals surface area contributed by atoms with Crippen molar-refractivity contribution in [1.29, 1.82) is 0 Å². The van der Waals surface area contributed by atoms with E-state index in [9.17, 15) is 0 Å². The van der Waals surface area contributed by atoms with Gasteiger partial charge >= 0.3 is 0 Å². The Balaban J connectivity index is 1.33. The van der Waals surface area contributed by atoms with Crippen LogP contribution in [0.2, 0.25) is 0 Å². The van der Waals surface area contributed by atoms with Gasteiger partial charge in [-0.25, -0.2) is 19.9 Å². The molecule has 0 spiro atoms. The zero-order chi connectivity index (χ0) is 22.5. The van der Waals surface area contributed by atoms with Crippen molar-refractivity contribution in [2.45, 2.75) is 64.2 Å². The van der Waals surface area contributed by atoms with Gasteiger partial charge in [0.2, 0.25) is 0 Å². The second kappa shape index (κ2) is 8.12. The van der Waals surface area contributed by atoms with E-state index in [0.29, 0.717) is 0 Å². The van der Waals surface area contributed by atoms with Gasteiger partial charge < -0.3 is 0 Å². The third-order valence-electron chi connectivity index (χ3n) is 7.59. The van der Waals surface area contributed by atoms with Crippen molar-refractivity contribution in [3.8, 4) is 0 Å². The van der Waals surface area contributed by atoms with Crippen LogP contribution in [0.1, 0.15) is 83.6 Å². The van der Waals surface area contributed by atoms with Crippen molar-refractivity contribution >= 4 is 46.4 Å². The highest BCUT2D eigenvalue weighted by atomic mass is 14.8. The van der Waals surface area contributed by atoms with Crippen LogP contribution in [0.3, 0.4) is 0 Å². The first-order chi connectivity index (χ1) is 16.8. The Morgan fingerprint density at radius 2 is 0.618 bits per heavy atom. The molecule has 2 heterocycles. The van der Waals surface area contributed by atoms with Gasteiger partial charge in [0.15, 0.2) is 0 Å². The molecule has 4 nitrogen and oxygen atoms in total. The largest absolute Gasteiger partial charge is 0.249 e. The Morgan fingerprint density at radius 1 is 0.353 bits per heavy atom. The van der Waals surface area contributed by atoms with Crippen LogP contribution < -0.4 is 0 Å². The summed E-state index contributed by atoms with van der Waals surface area (Å²) in [5.74, 6) is 0. The lowest BCUT2D eigenvalue weighted by atomic mass is 9.97. The van der Waals surface area contributed by atoms with Gasteiger partial charge in [0.1, 0.15) is 0 Å². The van der Waals surface area contributed by atoms with Crippen LogP contribution in [0.4, 0.5) is 0 Å². The molecule has 0 bridgehead atoms. The van der Waals surface area contributed by atoms with Crippen molar-refractivity contribution in [3.05, 3.63) is 69.3 Å². The Morgan fingerprint density at radius 3 is 0.882 bits per heavy atom. The second-order valence-corrected chi connectivity index (χ2v) is 9.96. The minimum absolute atomic E-state index is 1.00. The van der Waals surface area contributed by atoms with Crippen LogP contribution in [0, 0.1) is 0 Å². The van der Waals surface area contributed by atoms with E-state index in [-0.39, 0.29) is 0 Å². The van der Waals surface area contributed by atoms with E-state index >= 15 is 0 Å². The summed E-state index contributed by atoms with van der Waals surface area (Å²) >= 11 is 0. The number of aromatic nitrogens is 4. The van der Waals surface area contributed by atoms with Gasteiger partial charge in [0, 0.05) is 0 Å². The average Bonchev–Trinajstić information content (AvgIpc) is 3.21. The molecule has 7 rings (SSSR count). The van der Waals surface area contributed by atoms with Gasteiger partial charge in [-0.1, -0.05) is 37.1 Å². The van der Waals surface area contributed by atoms with E-state index in [1.165, 1.54) is 83.6 Å². The van der Waals surface area contributed by atoms with E-state index in [2.05, 4.69) is 48.6 Å². The van der Waals surface area contributed by atoms with Gasteiger partial charge in [-0.2, -0.15) is 0 Å². The first-order valence-corrected chi connectivity index (χ1v) is 12.8. The molecule has 4 aromatic rings. The van der Waals surface area contributed by atoms with Crippen LogP contribution in [0.15, 0.2) is 24.3 Å². The van der Waals surface area contributed by atoms with E-state index in [1.54, 1.807) is 0 Å². The van der Waals surface area contributed by atoms with Crippen molar-refractivity contribution < 1.29 is 0 Å². The molecule has 0 saturated heterocycles. The van der Waals surface area contributed by atoms with Crippen LogP contribution in [0.5, 0.6) is 0 Å². The smallest absolute Gasteiger partial charge is 0.0896 e. The molecule has 4 heteroatoms. The molecule has 3 aliphatic carbocycles. The van der Waals surface area contributed by atoms with Gasteiger partial charge in [0.25, 0.3) is 0 Å². The molecule has 0 aliphatic heterocycles. The number of benzene rings is 2. The van der Waals surface area contributed by atoms with Gasteiger partial charge in [-0.3, -0.25) is 0 Å². The minimum Gasteiger partial charge on any atom is -0.249 e. The van der Waals surface area contributed by atoms with E-state index in [0.717, 1.165) is 47.8 Å². The molecule has 0 radical (unpaired) electrons. The predicted molar refractivity (Wildman–Crippen MR) is 139 cm³/mol. The summed E-state index contributed by atoms with van der Waals surface area (Å²) in [6.45, 7) is 0. The van der Waals surface area contributed by atoms with Crippen molar-refractivity contribution in [3.63, 3.8) is 0 Å². The highest BCUT2D eigenvalue weighted by molar-refractivity contribution is 5.94. The Labute approximate surface area is 199 Å². The van der Waals surface area contributed by atoms with Gasteiger partial charge in [-0.15, -0.1) is 0 Å². The molecule has 2 aromatic carbocycles. The predicted octanol–water partition coefficient (Wildman–Crippen LogP) is 6.77. The van der Waals surface area contributed by atoms with Crippen LogP contribution >= 0.6 is 0 Å². The molecule has 2 aromatic heterocycles. The van der Waals surface area contributed by atoms with E-state index in [4.69, 9.17) is 19.9 Å². The fourth-order valence-electron chi connectivity index (χ4n) is 5.68. The third kappa shape index (κ3) is 3.53. The molecule has 0 fully saturated rings. The quantitative estimate of drug-likeness (QED) is 0.247. The van der Waals surface area contributed by atoms with Gasteiger partial charge in [0.05, 0.1) is 44.8 Å². The second-order valence-electron chi connectivity index (χ2n) is 9.96. The van der Waals surface area contributed by atoms with Gasteiger partial charge in [-0.05, 0) is 97.9 Å². The summed E-state index contributed by atoms with van der Waals surface area (Å²) < 4.78 is 0. The Bertz CT molecular complexity index is 1290. The monoisotopic (exact) mass is 444 g/mol. The molecule has 0 N–H and O–H groups in total. The number of hydrogen-bond donors (Lipinski definition) is 0. The maximum atomic E-state index is 5.03. The fourth-order valence-corrected chi connectivity index (χ4v) is 5.68. The Kier molecular flexibility index (Phi) is 4.78. The van der Waals surface area contributed by atoms with Crippen molar-refractivity contribution in [2.75, 3.05) is 0 Å². The minimum atomic E-state index is 1.00. The fraction of sp³-hybridized carbons (Fsp3) is 0.333. The zero-order valence-corrected chi connectivity index (χ0v) is 19.5. The maximum absolute atomic E-state index is 5.03. The molecule has 34 heavy (non-hydrogen) atoms. The molecular weight excluding hydrogens is 416 g/mol. The topological polar surface area (TPSA) is 51.6 Å². The molecule has 3 aliphatic rings. The average molecular weight is 445 g/mol. The SMILES string of the molecule is C1=C\c2cc3nc4c(nc3cc2/C=C\c2cc3nc5c(nc3cc2/1)CCCCC5)CCCCC4. The van der Waals surface area contributed by atoms with Crippen molar-refractivity contribution in [2.24, 2.45) is 0 Å². The highest BCUT2D eigenvalue weighted by Crippen LogP contribution is 2.30. The standard InChI is InChI=1S/C30H28N4/c1-3-7-23-24(8-4-1)32-28-16-20-12-14-22-18-30-29(33-25-9-5-2-6-10-26(25)34-30)17-21(22)13-11-19(20)15-27(28)31-23/h11-18H,1-10H2/b13-11-,14-12-,19-11?,20-12?,21-13?,22-14?. The van der Waals surface area contributed by atoms with Crippen LogP contribution in [0.25, 0.3) is 46.4 Å². The lowest BCUT2D eigenvalue weighted by Crippen LogP contribution is -2.02. The Hall–Kier alpha value is -3.40. The summed E-state index contributed by atoms with van der Waals surface area (Å²) in [4.78, 5) is 20.1. The van der Waals surface area contributed by atoms with E-state index < -0.39 is 0 Å². The summed E-state index contributed by atoms with van der Waals surface area (Å²) in [5, 5.41) is 0. The number of fused-ring (bicyclic) bond motifs is 6. The first kappa shape index (κ1) is 20.0. The zero-order valence-electron chi connectivity index (χ0n) is 19.5. The molecule has 0 atom stereocenters. The summed E-state index contributed by atoms with van der Waals surface area (Å²) in [6, 6.07) is 8.82. The molecule has 0 unspecified atom stereocenters. The normalized spacial score (nSPS) is 19.1. The first-order valence-electron chi connectivity index (χ1n) is 12.8. The lowest BCUT2D eigenvalue weighted by molar-refractivity contribution is 0.707. The summed E-state index contributed by atoms with van der Waals surface area (Å²) in [6.07, 6.45) is 20.5.